The third-order valence-corrected chi connectivity index (χ3v) is 9.16. The topological polar surface area (TPSA) is 83.0 Å². The summed E-state index contributed by atoms with van der Waals surface area (Å²) in [6, 6.07) is 13.2. The summed E-state index contributed by atoms with van der Waals surface area (Å²) >= 11 is 11.9. The molecular formula is C24H29AsCl2N3O3. The van der Waals surface area contributed by atoms with Crippen LogP contribution >= 0.6 is 23.2 Å². The molecule has 2 unspecified atom stereocenters. The van der Waals surface area contributed by atoms with Gasteiger partial charge in [-0.1, -0.05) is 0 Å². The summed E-state index contributed by atoms with van der Waals surface area (Å²) in [6.07, 6.45) is -0.100. The second-order valence-electron chi connectivity index (χ2n) is 8.76. The van der Waals surface area contributed by atoms with Crippen molar-refractivity contribution in [3.63, 3.8) is 0 Å². The maximum atomic E-state index is 11.4. The number of rotatable bonds is 10. The molecule has 33 heavy (non-hydrogen) atoms. The molecule has 2 aromatic carbocycles. The molecule has 1 radical (unpaired) electrons. The number of hydrogen-bond donors (Lipinski definition) is 3. The molecule has 3 N–H and O–H groups in total. The average Bonchev–Trinajstić information content (AvgIpc) is 2.77. The van der Waals surface area contributed by atoms with Crippen molar-refractivity contribution < 1.29 is 14.6 Å². The molecule has 0 bridgehead atoms. The average molecular weight is 553 g/mol. The van der Waals surface area contributed by atoms with Gasteiger partial charge in [0.25, 0.3) is 0 Å². The van der Waals surface area contributed by atoms with Gasteiger partial charge in [0.2, 0.25) is 0 Å². The summed E-state index contributed by atoms with van der Waals surface area (Å²) < 4.78 is 5.71. The third-order valence-electron chi connectivity index (χ3n) is 5.22. The molecule has 0 saturated heterocycles. The number of benzene rings is 2. The van der Waals surface area contributed by atoms with Crippen molar-refractivity contribution in [2.24, 2.45) is 11.0 Å². The first kappa shape index (κ1) is 25.9. The van der Waals surface area contributed by atoms with Crippen LogP contribution in [0.1, 0.15) is 32.8 Å². The van der Waals surface area contributed by atoms with Gasteiger partial charge >= 0.3 is 212 Å². The SMILES string of the molecule is CC1CC(=O)NN=C1c1ccc(NCC(C)(C)[As]CC(O)COc2cc(Cl)ccc2Cl)cc1. The molecular weight excluding hydrogens is 524 g/mol. The molecule has 1 amide bonds. The van der Waals surface area contributed by atoms with Crippen molar-refractivity contribution in [1.29, 1.82) is 0 Å². The Bertz CT molecular complexity index is 999. The molecule has 9 heteroatoms. The first-order valence-corrected chi connectivity index (χ1v) is 13.8. The van der Waals surface area contributed by atoms with E-state index in [4.69, 9.17) is 27.9 Å². The standard InChI is InChI=1S/C24H29AsCl2N3O3/c1-15-10-22(32)29-30-23(15)16-4-7-18(8-5-16)28-14-24(2,3)25-12-19(31)13-33-21-11-17(26)6-9-20(21)27/h4-9,11,15,19,28,31H,10,12-14H2,1-3H3,(H,29,32). The zero-order chi connectivity index (χ0) is 24.0. The minimum absolute atomic E-state index is 0.0421. The number of carbonyl (C=O) groups excluding carboxylic acids is 1. The summed E-state index contributed by atoms with van der Waals surface area (Å²) in [5.41, 5.74) is 5.51. The Labute approximate surface area is 211 Å². The van der Waals surface area contributed by atoms with Crippen LogP contribution in [0.25, 0.3) is 0 Å². The Hall–Kier alpha value is -1.72. The molecule has 177 valence electrons. The van der Waals surface area contributed by atoms with Gasteiger partial charge in [-0.3, -0.25) is 0 Å². The molecule has 0 saturated carbocycles. The van der Waals surface area contributed by atoms with E-state index in [1.807, 2.05) is 31.2 Å². The Morgan fingerprint density at radius 1 is 1.27 bits per heavy atom. The van der Waals surface area contributed by atoms with Crippen molar-refractivity contribution in [3.05, 3.63) is 58.1 Å². The molecule has 0 aliphatic carbocycles. The number of aliphatic hydroxyl groups is 1. The van der Waals surface area contributed by atoms with E-state index >= 15 is 0 Å². The predicted molar refractivity (Wildman–Crippen MR) is 136 cm³/mol. The molecule has 2 atom stereocenters. The van der Waals surface area contributed by atoms with Crippen LogP contribution in [0.4, 0.5) is 5.69 Å². The number of aliphatic hydroxyl groups excluding tert-OH is 1. The molecule has 1 heterocycles. The summed E-state index contributed by atoms with van der Waals surface area (Å²) in [5.74, 6) is 0.546. The maximum absolute atomic E-state index is 11.4. The monoisotopic (exact) mass is 552 g/mol. The van der Waals surface area contributed by atoms with Gasteiger partial charge in [-0.2, -0.15) is 0 Å². The van der Waals surface area contributed by atoms with Crippen LogP contribution in [0, 0.1) is 5.92 Å². The zero-order valence-corrected chi connectivity index (χ0v) is 22.3. The van der Waals surface area contributed by atoms with E-state index in [2.05, 4.69) is 29.7 Å². The van der Waals surface area contributed by atoms with Crippen molar-refractivity contribution in [1.82, 2.24) is 5.43 Å². The molecule has 6 nitrogen and oxygen atoms in total. The number of carbonyl (C=O) groups is 1. The molecule has 2 aromatic rings. The van der Waals surface area contributed by atoms with Crippen LogP contribution in [-0.4, -0.2) is 51.7 Å². The van der Waals surface area contributed by atoms with Gasteiger partial charge in [0, 0.05) is 0 Å². The first-order chi connectivity index (χ1) is 15.6. The third kappa shape index (κ3) is 7.92. The number of ether oxygens (including phenoxy) is 1. The first-order valence-electron chi connectivity index (χ1n) is 10.8. The van der Waals surface area contributed by atoms with Crippen LogP contribution in [0.5, 0.6) is 5.75 Å². The van der Waals surface area contributed by atoms with Crippen LogP contribution in [0.15, 0.2) is 47.6 Å². The fourth-order valence-corrected chi connectivity index (χ4v) is 5.75. The molecule has 1 aliphatic heterocycles. The fourth-order valence-electron chi connectivity index (χ4n) is 3.31. The summed E-state index contributed by atoms with van der Waals surface area (Å²) in [6.45, 7) is 7.41. The molecule has 3 rings (SSSR count). The Kier molecular flexibility index (Phi) is 9.11. The molecule has 0 aromatic heterocycles. The minimum atomic E-state index is -0.558. The second-order valence-corrected chi connectivity index (χ2v) is 13.6. The normalized spacial score (nSPS) is 17.6. The van der Waals surface area contributed by atoms with Gasteiger partial charge in [-0.05, 0) is 0 Å². The van der Waals surface area contributed by atoms with Gasteiger partial charge in [0.15, 0.2) is 0 Å². The van der Waals surface area contributed by atoms with Gasteiger partial charge in [-0.25, -0.2) is 0 Å². The van der Waals surface area contributed by atoms with Crippen molar-refractivity contribution in [2.45, 2.75) is 42.7 Å². The number of hydrazone groups is 1. The number of anilines is 1. The van der Waals surface area contributed by atoms with Gasteiger partial charge in [0.05, 0.1) is 0 Å². The van der Waals surface area contributed by atoms with Crippen molar-refractivity contribution >= 4 is 56.3 Å². The van der Waals surface area contributed by atoms with Crippen LogP contribution in [-0.2, 0) is 4.79 Å². The van der Waals surface area contributed by atoms with Gasteiger partial charge in [-0.15, -0.1) is 0 Å². The Morgan fingerprint density at radius 2 is 2.00 bits per heavy atom. The predicted octanol–water partition coefficient (Wildman–Crippen LogP) is 5.03. The van der Waals surface area contributed by atoms with Gasteiger partial charge in [0.1, 0.15) is 0 Å². The summed E-state index contributed by atoms with van der Waals surface area (Å²) in [5, 5.41) is 19.8. The summed E-state index contributed by atoms with van der Waals surface area (Å²) in [4.78, 5) is 11.4. The quantitative estimate of drug-likeness (QED) is 0.361. The number of amides is 1. The Morgan fingerprint density at radius 3 is 2.70 bits per heavy atom. The van der Waals surface area contributed by atoms with E-state index < -0.39 is 6.10 Å². The Balaban J connectivity index is 1.44. The van der Waals surface area contributed by atoms with Crippen LogP contribution < -0.4 is 15.5 Å². The van der Waals surface area contributed by atoms with Crippen molar-refractivity contribution in [2.75, 3.05) is 18.5 Å². The molecule has 1 aliphatic rings. The van der Waals surface area contributed by atoms with E-state index in [1.165, 1.54) is 0 Å². The number of hydrogen-bond acceptors (Lipinski definition) is 5. The van der Waals surface area contributed by atoms with Crippen molar-refractivity contribution in [3.8, 4) is 5.75 Å². The number of nitrogens with zero attached hydrogens (tertiary/aromatic N) is 1. The zero-order valence-electron chi connectivity index (χ0n) is 18.9. The van der Waals surface area contributed by atoms with Crippen LogP contribution in [0.2, 0.25) is 19.5 Å². The van der Waals surface area contributed by atoms with Gasteiger partial charge < -0.3 is 0 Å². The number of nitrogens with one attached hydrogen (secondary N) is 2. The fraction of sp³-hybridized carbons (Fsp3) is 0.417. The van der Waals surface area contributed by atoms with E-state index in [0.29, 0.717) is 27.4 Å². The van der Waals surface area contributed by atoms with Crippen LogP contribution in [0.3, 0.4) is 0 Å². The number of halogens is 2. The second kappa shape index (κ2) is 11.6. The molecule has 0 spiro atoms. The van der Waals surface area contributed by atoms with E-state index in [9.17, 15) is 9.90 Å². The van der Waals surface area contributed by atoms with E-state index in [0.717, 1.165) is 23.5 Å². The van der Waals surface area contributed by atoms with E-state index in [-0.39, 0.29) is 38.4 Å². The summed E-state index contributed by atoms with van der Waals surface area (Å²) in [7, 11) is 0. The molecule has 0 fully saturated rings. The van der Waals surface area contributed by atoms with E-state index in [1.54, 1.807) is 18.2 Å².